The Morgan fingerprint density at radius 2 is 2.00 bits per heavy atom. The zero-order valence-corrected chi connectivity index (χ0v) is 13.4. The van der Waals surface area contributed by atoms with Crippen molar-refractivity contribution in [3.63, 3.8) is 0 Å². The molecule has 0 spiro atoms. The number of ether oxygens (including phenoxy) is 2. The number of benzene rings is 2. The molecule has 120 valence electrons. The van der Waals surface area contributed by atoms with E-state index in [2.05, 4.69) is 20.4 Å². The van der Waals surface area contributed by atoms with Crippen LogP contribution in [0.1, 0.15) is 5.56 Å². The Bertz CT molecular complexity index is 1100. The lowest BCUT2D eigenvalue weighted by atomic mass is 10.2. The molecule has 2 aromatic carbocycles. The largest absolute Gasteiger partial charge is 0.454 e. The summed E-state index contributed by atoms with van der Waals surface area (Å²) in [6.45, 7) is 2.22. The minimum Gasteiger partial charge on any atom is -0.454 e. The van der Waals surface area contributed by atoms with E-state index in [1.165, 1.54) is 0 Å². The number of halogens is 1. The van der Waals surface area contributed by atoms with E-state index in [0.717, 1.165) is 22.3 Å². The number of nitrogens with zero attached hydrogens (tertiary/aromatic N) is 3. The van der Waals surface area contributed by atoms with Crippen LogP contribution >= 0.6 is 11.6 Å². The molecule has 0 unspecified atom stereocenters. The van der Waals surface area contributed by atoms with Gasteiger partial charge in [-0.05, 0) is 30.7 Å². The Balaban J connectivity index is 1.58. The minimum atomic E-state index is 0.237. The summed E-state index contributed by atoms with van der Waals surface area (Å²) in [6, 6.07) is 9.40. The number of rotatable bonds is 2. The van der Waals surface area contributed by atoms with Gasteiger partial charge in [0.2, 0.25) is 12.7 Å². The van der Waals surface area contributed by atoms with Crippen LogP contribution in [0.5, 0.6) is 11.5 Å². The van der Waals surface area contributed by atoms with Crippen LogP contribution in [0.3, 0.4) is 0 Å². The van der Waals surface area contributed by atoms with Crippen molar-refractivity contribution in [1.82, 2.24) is 19.6 Å². The van der Waals surface area contributed by atoms with Gasteiger partial charge in [0, 0.05) is 22.8 Å². The number of nitrogens with one attached hydrogen (secondary N) is 2. The van der Waals surface area contributed by atoms with Crippen molar-refractivity contribution >= 4 is 40.0 Å². The van der Waals surface area contributed by atoms with Crippen molar-refractivity contribution < 1.29 is 9.47 Å². The summed E-state index contributed by atoms with van der Waals surface area (Å²) in [5.41, 5.74) is 3.64. The smallest absolute Gasteiger partial charge is 0.253 e. The van der Waals surface area contributed by atoms with Crippen LogP contribution in [0.15, 0.2) is 30.3 Å². The molecule has 0 radical (unpaired) electrons. The number of hydrogen-bond acceptors (Lipinski definition) is 5. The van der Waals surface area contributed by atoms with E-state index in [-0.39, 0.29) is 6.79 Å². The molecular formula is C16H12ClN5O2. The predicted molar refractivity (Wildman–Crippen MR) is 90.4 cm³/mol. The topological polar surface area (TPSA) is 76.5 Å². The minimum absolute atomic E-state index is 0.237. The number of H-pyrrole nitrogens is 1. The highest BCUT2D eigenvalue weighted by Crippen LogP contribution is 2.36. The number of imidazole rings is 1. The van der Waals surface area contributed by atoms with E-state index in [4.69, 9.17) is 21.1 Å². The van der Waals surface area contributed by atoms with Gasteiger partial charge in [-0.3, -0.25) is 5.10 Å². The quantitative estimate of drug-likeness (QED) is 0.582. The summed E-state index contributed by atoms with van der Waals surface area (Å²) in [5, 5.41) is 7.16. The molecule has 0 saturated heterocycles. The Labute approximate surface area is 141 Å². The van der Waals surface area contributed by atoms with Gasteiger partial charge in [-0.15, -0.1) is 0 Å². The zero-order chi connectivity index (χ0) is 16.3. The summed E-state index contributed by atoms with van der Waals surface area (Å²) in [5.74, 6) is 2.59. The Hall–Kier alpha value is -2.93. The standard InChI is InChI=1S/C16H12ClN5O2/c1-8-4-9(17)2-3-10(8)18-15-20-16-19-11-5-13-14(24-7-23-13)6-12(11)22(16)21-15/h2-6H,7H2,1H3,(H2,18,19,20,21). The van der Waals surface area contributed by atoms with Gasteiger partial charge in [-0.2, -0.15) is 4.98 Å². The monoisotopic (exact) mass is 341 g/mol. The molecule has 24 heavy (non-hydrogen) atoms. The highest BCUT2D eigenvalue weighted by atomic mass is 35.5. The van der Waals surface area contributed by atoms with Crippen molar-refractivity contribution in [1.29, 1.82) is 0 Å². The molecule has 0 aliphatic carbocycles. The lowest BCUT2D eigenvalue weighted by Gasteiger charge is -2.06. The Morgan fingerprint density at radius 3 is 2.83 bits per heavy atom. The van der Waals surface area contributed by atoms with E-state index in [9.17, 15) is 0 Å². The maximum Gasteiger partial charge on any atom is 0.253 e. The molecule has 0 amide bonds. The van der Waals surface area contributed by atoms with Crippen LogP contribution in [-0.2, 0) is 0 Å². The number of aryl methyl sites for hydroxylation is 1. The maximum absolute atomic E-state index is 5.99. The first-order valence-electron chi connectivity index (χ1n) is 7.38. The lowest BCUT2D eigenvalue weighted by Crippen LogP contribution is -1.95. The summed E-state index contributed by atoms with van der Waals surface area (Å²) in [6.07, 6.45) is 0. The van der Waals surface area contributed by atoms with E-state index < -0.39 is 0 Å². The van der Waals surface area contributed by atoms with Gasteiger partial charge in [0.25, 0.3) is 5.78 Å². The van der Waals surface area contributed by atoms with E-state index in [0.29, 0.717) is 28.2 Å². The second-order valence-corrected chi connectivity index (χ2v) is 6.03. The molecule has 2 aromatic heterocycles. The fraction of sp³-hybridized carbons (Fsp3) is 0.125. The second kappa shape index (κ2) is 4.78. The molecule has 7 nitrogen and oxygen atoms in total. The Kier molecular flexibility index (Phi) is 2.69. The van der Waals surface area contributed by atoms with Crippen molar-refractivity contribution in [2.75, 3.05) is 12.1 Å². The molecule has 0 fully saturated rings. The van der Waals surface area contributed by atoms with Crippen LogP contribution in [-0.4, -0.2) is 26.4 Å². The first kappa shape index (κ1) is 13.5. The van der Waals surface area contributed by atoms with Gasteiger partial charge in [-0.25, -0.2) is 9.50 Å². The van der Waals surface area contributed by atoms with Gasteiger partial charge in [0.1, 0.15) is 0 Å². The third-order valence-electron chi connectivity index (χ3n) is 4.00. The Morgan fingerprint density at radius 1 is 1.17 bits per heavy atom. The maximum atomic E-state index is 5.99. The third-order valence-corrected chi connectivity index (χ3v) is 4.24. The number of hydrogen-bond donors (Lipinski definition) is 2. The van der Waals surface area contributed by atoms with Crippen molar-refractivity contribution in [3.8, 4) is 11.5 Å². The van der Waals surface area contributed by atoms with Gasteiger partial charge < -0.3 is 14.8 Å². The van der Waals surface area contributed by atoms with Crippen LogP contribution < -0.4 is 14.8 Å². The molecule has 5 rings (SSSR count). The van der Waals surface area contributed by atoms with Gasteiger partial charge in [-0.1, -0.05) is 11.6 Å². The first-order valence-corrected chi connectivity index (χ1v) is 7.76. The molecule has 3 heterocycles. The molecule has 1 aliphatic heterocycles. The second-order valence-electron chi connectivity index (χ2n) is 5.60. The molecule has 0 saturated carbocycles. The average molecular weight is 342 g/mol. The molecule has 8 heteroatoms. The molecule has 2 N–H and O–H groups in total. The summed E-state index contributed by atoms with van der Waals surface area (Å²) < 4.78 is 12.6. The SMILES string of the molecule is Cc1cc(Cl)ccc1Nc1nc2nc3cc4c(cc3n2[nH]1)OCO4. The number of anilines is 2. The number of fused-ring (bicyclic) bond motifs is 4. The van der Waals surface area contributed by atoms with Crippen LogP contribution in [0.2, 0.25) is 5.02 Å². The number of aromatic amines is 1. The van der Waals surface area contributed by atoms with Crippen LogP contribution in [0.25, 0.3) is 16.8 Å². The molecule has 1 aliphatic rings. The van der Waals surface area contributed by atoms with Crippen molar-refractivity contribution in [2.24, 2.45) is 0 Å². The average Bonchev–Trinajstić information content (AvgIpc) is 3.22. The summed E-state index contributed by atoms with van der Waals surface area (Å²) >= 11 is 5.99. The van der Waals surface area contributed by atoms with Gasteiger partial charge in [0.15, 0.2) is 11.5 Å². The molecule has 4 aromatic rings. The summed E-state index contributed by atoms with van der Waals surface area (Å²) in [7, 11) is 0. The van der Waals surface area contributed by atoms with E-state index >= 15 is 0 Å². The lowest BCUT2D eigenvalue weighted by molar-refractivity contribution is 0.174. The highest BCUT2D eigenvalue weighted by Gasteiger charge is 2.18. The summed E-state index contributed by atoms with van der Waals surface area (Å²) in [4.78, 5) is 9.00. The molecule has 0 atom stereocenters. The highest BCUT2D eigenvalue weighted by molar-refractivity contribution is 6.30. The fourth-order valence-corrected chi connectivity index (χ4v) is 3.05. The first-order chi connectivity index (χ1) is 11.7. The molecule has 0 bridgehead atoms. The van der Waals surface area contributed by atoms with Crippen molar-refractivity contribution in [3.05, 3.63) is 40.9 Å². The fourth-order valence-electron chi connectivity index (χ4n) is 2.82. The van der Waals surface area contributed by atoms with Crippen molar-refractivity contribution in [2.45, 2.75) is 6.92 Å². The number of aromatic nitrogens is 4. The predicted octanol–water partition coefficient (Wildman–Crippen LogP) is 3.64. The zero-order valence-electron chi connectivity index (χ0n) is 12.6. The third kappa shape index (κ3) is 1.98. The molecular weight excluding hydrogens is 330 g/mol. The van der Waals surface area contributed by atoms with E-state index in [1.54, 1.807) is 0 Å². The van der Waals surface area contributed by atoms with Crippen LogP contribution in [0.4, 0.5) is 11.6 Å². The van der Waals surface area contributed by atoms with E-state index in [1.807, 2.05) is 41.8 Å². The van der Waals surface area contributed by atoms with Crippen LogP contribution in [0, 0.1) is 6.92 Å². The van der Waals surface area contributed by atoms with Gasteiger partial charge in [0.05, 0.1) is 11.0 Å². The normalized spacial score (nSPS) is 13.1. The van der Waals surface area contributed by atoms with Gasteiger partial charge >= 0.3 is 0 Å².